The van der Waals surface area contributed by atoms with E-state index in [0.717, 1.165) is 24.4 Å². The van der Waals surface area contributed by atoms with E-state index in [1.807, 2.05) is 38.1 Å². The van der Waals surface area contributed by atoms with Gasteiger partial charge in [-0.15, -0.1) is 0 Å². The topological polar surface area (TPSA) is 24.8 Å². The van der Waals surface area contributed by atoms with Crippen molar-refractivity contribution < 1.29 is 4.84 Å². The molecule has 3 nitrogen and oxygen atoms in total. The molecule has 0 saturated carbocycles. The van der Waals surface area contributed by atoms with Gasteiger partial charge in [-0.1, -0.05) is 42.3 Å². The quantitative estimate of drug-likeness (QED) is 0.822. The predicted molar refractivity (Wildman–Crippen MR) is 80.5 cm³/mol. The van der Waals surface area contributed by atoms with Gasteiger partial charge in [0.1, 0.15) is 0 Å². The molecule has 0 bridgehead atoms. The first kappa shape index (κ1) is 14.4. The van der Waals surface area contributed by atoms with Crippen LogP contribution in [0.2, 0.25) is 10.0 Å². The molecule has 1 heterocycles. The molecule has 0 aromatic heterocycles. The minimum Gasteiger partial charge on any atom is -0.245 e. The highest BCUT2D eigenvalue weighted by Crippen LogP contribution is 2.26. The lowest BCUT2D eigenvalue weighted by Crippen LogP contribution is -2.25. The zero-order chi connectivity index (χ0) is 13.8. The Morgan fingerprint density at radius 3 is 2.79 bits per heavy atom. The van der Waals surface area contributed by atoms with Gasteiger partial charge in [0.25, 0.3) is 0 Å². The monoisotopic (exact) mass is 298 g/mol. The maximum absolute atomic E-state index is 6.14. The van der Waals surface area contributed by atoms with E-state index in [4.69, 9.17) is 28.0 Å². The van der Waals surface area contributed by atoms with Crippen LogP contribution < -0.4 is 0 Å². The number of halogens is 2. The Bertz CT molecular complexity index is 514. The first-order chi connectivity index (χ1) is 9.15. The summed E-state index contributed by atoms with van der Waals surface area (Å²) in [5.74, 6) is 0.811. The zero-order valence-corrected chi connectivity index (χ0v) is 12.4. The van der Waals surface area contributed by atoms with E-state index in [9.17, 15) is 0 Å². The Kier molecular flexibility index (Phi) is 4.86. The second-order valence-corrected chi connectivity index (χ2v) is 4.91. The highest BCUT2D eigenvalue weighted by Gasteiger charge is 2.21. The van der Waals surface area contributed by atoms with Crippen molar-refractivity contribution >= 4 is 35.1 Å². The van der Waals surface area contributed by atoms with Crippen LogP contribution in [0.1, 0.15) is 25.8 Å². The van der Waals surface area contributed by atoms with Crippen LogP contribution in [0.5, 0.6) is 0 Å². The van der Waals surface area contributed by atoms with E-state index in [2.05, 4.69) is 4.99 Å². The summed E-state index contributed by atoms with van der Waals surface area (Å²) < 4.78 is 0. The molecule has 0 aliphatic carbocycles. The van der Waals surface area contributed by atoms with Crippen LogP contribution in [0.15, 0.2) is 29.3 Å². The number of aliphatic imine (C=N–C) groups is 1. The second-order valence-electron chi connectivity index (χ2n) is 4.13. The van der Waals surface area contributed by atoms with Gasteiger partial charge in [-0.2, -0.15) is 0 Å². The fourth-order valence-electron chi connectivity index (χ4n) is 1.78. The van der Waals surface area contributed by atoms with Crippen molar-refractivity contribution in [1.82, 2.24) is 5.06 Å². The number of rotatable bonds is 4. The Balaban J connectivity index is 2.20. The SMILES string of the molecule is CCC1N=C(C=Cc2cccc(Cl)c2Cl)N(CC)O1. The smallest absolute Gasteiger partial charge is 0.177 e. The number of hydroxylamine groups is 2. The van der Waals surface area contributed by atoms with E-state index >= 15 is 0 Å². The fourth-order valence-corrected chi connectivity index (χ4v) is 2.15. The number of hydrogen-bond acceptors (Lipinski definition) is 3. The van der Waals surface area contributed by atoms with Gasteiger partial charge in [0.15, 0.2) is 12.1 Å². The number of likely N-dealkylation sites (N-methyl/N-ethyl adjacent to an activating group) is 1. The Morgan fingerprint density at radius 1 is 1.32 bits per heavy atom. The van der Waals surface area contributed by atoms with Crippen molar-refractivity contribution in [3.05, 3.63) is 39.9 Å². The molecular weight excluding hydrogens is 283 g/mol. The molecule has 0 spiro atoms. The van der Waals surface area contributed by atoms with E-state index in [1.165, 1.54) is 0 Å². The summed E-state index contributed by atoms with van der Waals surface area (Å²) in [6.07, 6.45) is 4.56. The van der Waals surface area contributed by atoms with Crippen LogP contribution >= 0.6 is 23.2 Å². The van der Waals surface area contributed by atoms with Crippen LogP contribution in [0.3, 0.4) is 0 Å². The molecule has 0 fully saturated rings. The molecule has 1 atom stereocenters. The van der Waals surface area contributed by atoms with Gasteiger partial charge < -0.3 is 0 Å². The van der Waals surface area contributed by atoms with Crippen LogP contribution in [0, 0.1) is 0 Å². The van der Waals surface area contributed by atoms with Crippen molar-refractivity contribution in [2.24, 2.45) is 4.99 Å². The first-order valence-electron chi connectivity index (χ1n) is 6.30. The molecule has 1 aliphatic heterocycles. The van der Waals surface area contributed by atoms with Gasteiger partial charge in [-0.3, -0.25) is 0 Å². The summed E-state index contributed by atoms with van der Waals surface area (Å²) in [6, 6.07) is 5.55. The molecule has 102 valence electrons. The molecule has 1 aromatic rings. The van der Waals surface area contributed by atoms with Gasteiger partial charge in [-0.25, -0.2) is 14.9 Å². The van der Waals surface area contributed by atoms with Crippen molar-refractivity contribution in [3.8, 4) is 0 Å². The van der Waals surface area contributed by atoms with Gasteiger partial charge >= 0.3 is 0 Å². The molecule has 0 saturated heterocycles. The molecule has 1 aromatic carbocycles. The van der Waals surface area contributed by atoms with E-state index in [0.29, 0.717) is 10.0 Å². The van der Waals surface area contributed by atoms with Gasteiger partial charge in [0.05, 0.1) is 10.0 Å². The van der Waals surface area contributed by atoms with Crippen molar-refractivity contribution in [2.75, 3.05) is 6.54 Å². The highest BCUT2D eigenvalue weighted by atomic mass is 35.5. The normalized spacial score (nSPS) is 19.3. The van der Waals surface area contributed by atoms with Crippen molar-refractivity contribution in [3.63, 3.8) is 0 Å². The highest BCUT2D eigenvalue weighted by molar-refractivity contribution is 6.42. The molecule has 2 rings (SSSR count). The second kappa shape index (κ2) is 6.42. The minimum atomic E-state index is -0.0885. The molecule has 1 unspecified atom stereocenters. The fraction of sp³-hybridized carbons (Fsp3) is 0.357. The summed E-state index contributed by atoms with van der Waals surface area (Å²) in [7, 11) is 0. The number of nitrogens with zero attached hydrogens (tertiary/aromatic N) is 2. The van der Waals surface area contributed by atoms with Crippen molar-refractivity contribution in [2.45, 2.75) is 26.5 Å². The third kappa shape index (κ3) is 3.30. The first-order valence-corrected chi connectivity index (χ1v) is 7.05. The largest absolute Gasteiger partial charge is 0.245 e. The van der Waals surface area contributed by atoms with E-state index in [-0.39, 0.29) is 6.23 Å². The lowest BCUT2D eigenvalue weighted by atomic mass is 10.2. The van der Waals surface area contributed by atoms with Crippen LogP contribution in [-0.2, 0) is 4.84 Å². The maximum atomic E-state index is 6.14. The van der Waals surface area contributed by atoms with Gasteiger partial charge in [0.2, 0.25) is 0 Å². The van der Waals surface area contributed by atoms with Crippen LogP contribution in [0.25, 0.3) is 6.08 Å². The van der Waals surface area contributed by atoms with Crippen LogP contribution in [0.4, 0.5) is 0 Å². The molecular formula is C14H16Cl2N2O. The summed E-state index contributed by atoms with van der Waals surface area (Å²) in [6.45, 7) is 4.82. The third-order valence-corrected chi connectivity index (χ3v) is 3.64. The predicted octanol–water partition coefficient (Wildman–Crippen LogP) is 4.41. The Labute approximate surface area is 123 Å². The lowest BCUT2D eigenvalue weighted by Gasteiger charge is -2.15. The van der Waals surface area contributed by atoms with Gasteiger partial charge in [0, 0.05) is 6.54 Å². The van der Waals surface area contributed by atoms with Gasteiger partial charge in [-0.05, 0) is 37.1 Å². The summed E-state index contributed by atoms with van der Waals surface area (Å²) in [4.78, 5) is 10.1. The molecule has 0 N–H and O–H groups in total. The summed E-state index contributed by atoms with van der Waals surface area (Å²) in [5.41, 5.74) is 0.868. The average molecular weight is 299 g/mol. The molecule has 5 heteroatoms. The number of amidine groups is 1. The molecule has 0 radical (unpaired) electrons. The maximum Gasteiger partial charge on any atom is 0.177 e. The number of benzene rings is 1. The molecule has 0 amide bonds. The van der Waals surface area contributed by atoms with Crippen LogP contribution in [-0.4, -0.2) is 23.7 Å². The summed E-state index contributed by atoms with van der Waals surface area (Å²) in [5, 5.41) is 2.88. The minimum absolute atomic E-state index is 0.0885. The molecule has 1 aliphatic rings. The van der Waals surface area contributed by atoms with E-state index in [1.54, 1.807) is 11.1 Å². The number of hydrogen-bond donors (Lipinski definition) is 0. The summed E-state index contributed by atoms with van der Waals surface area (Å²) >= 11 is 12.1. The Morgan fingerprint density at radius 2 is 2.11 bits per heavy atom. The standard InChI is InChI=1S/C14H16Cl2N2O/c1-3-13-17-12(18(4-2)19-13)9-8-10-6-5-7-11(15)14(10)16/h5-9,13H,3-4H2,1-2H3. The third-order valence-electron chi connectivity index (χ3n) is 2.81. The molecule has 19 heavy (non-hydrogen) atoms. The Hall–Kier alpha value is -1.03. The zero-order valence-electron chi connectivity index (χ0n) is 10.9. The van der Waals surface area contributed by atoms with E-state index < -0.39 is 0 Å². The van der Waals surface area contributed by atoms with Crippen molar-refractivity contribution in [1.29, 1.82) is 0 Å². The lowest BCUT2D eigenvalue weighted by molar-refractivity contribution is -0.118. The average Bonchev–Trinajstić information content (AvgIpc) is 2.83.